The van der Waals surface area contributed by atoms with Gasteiger partial charge in [-0.25, -0.2) is 8.42 Å². The number of ether oxygens (including phenoxy) is 1. The normalized spacial score (nSPS) is 21.0. The number of carbonyl (C=O) groups is 1. The number of morpholine rings is 1. The first-order chi connectivity index (χ1) is 13.2. The van der Waals surface area contributed by atoms with E-state index in [0.717, 1.165) is 0 Å². The van der Waals surface area contributed by atoms with Crippen LogP contribution in [0.3, 0.4) is 0 Å². The van der Waals surface area contributed by atoms with Crippen molar-refractivity contribution in [3.8, 4) is 0 Å². The molecule has 28 heavy (non-hydrogen) atoms. The fourth-order valence-corrected chi connectivity index (χ4v) is 4.53. The monoisotopic (exact) mass is 408 g/mol. The summed E-state index contributed by atoms with van der Waals surface area (Å²) in [5.74, 6) is 0.00972. The number of nitrogens with zero attached hydrogens (tertiary/aromatic N) is 3. The summed E-state index contributed by atoms with van der Waals surface area (Å²) in [6.45, 7) is 8.07. The van der Waals surface area contributed by atoms with E-state index in [-0.39, 0.29) is 34.6 Å². The Morgan fingerprint density at radius 2 is 1.75 bits per heavy atom. The van der Waals surface area contributed by atoms with Crippen LogP contribution >= 0.6 is 0 Å². The Labute approximate surface area is 164 Å². The van der Waals surface area contributed by atoms with E-state index >= 15 is 0 Å². The fraction of sp³-hybridized carbons (Fsp3) is 0.500. The molecule has 2 heterocycles. The van der Waals surface area contributed by atoms with Gasteiger partial charge in [-0.05, 0) is 38.1 Å². The lowest BCUT2D eigenvalue weighted by atomic mass is 10.2. The molecule has 1 saturated heterocycles. The van der Waals surface area contributed by atoms with Crippen molar-refractivity contribution in [2.24, 2.45) is 0 Å². The molecular formula is C18H24N4O5S. The lowest BCUT2D eigenvalue weighted by molar-refractivity contribution is -0.0440. The van der Waals surface area contributed by atoms with Crippen LogP contribution in [0.15, 0.2) is 33.6 Å². The summed E-state index contributed by atoms with van der Waals surface area (Å²) >= 11 is 0. The van der Waals surface area contributed by atoms with E-state index in [9.17, 15) is 13.2 Å². The van der Waals surface area contributed by atoms with Crippen LogP contribution in [0, 0.1) is 0 Å². The molecule has 1 aromatic carbocycles. The summed E-state index contributed by atoms with van der Waals surface area (Å²) in [7, 11) is -3.65. The van der Waals surface area contributed by atoms with Gasteiger partial charge in [0.1, 0.15) is 0 Å². The van der Waals surface area contributed by atoms with Crippen molar-refractivity contribution >= 4 is 21.9 Å². The Morgan fingerprint density at radius 1 is 1.14 bits per heavy atom. The lowest BCUT2D eigenvalue weighted by Crippen LogP contribution is -2.48. The average Bonchev–Trinajstić information content (AvgIpc) is 3.10. The maximum Gasteiger partial charge on any atom is 0.322 e. The van der Waals surface area contributed by atoms with Crippen LogP contribution in [0.5, 0.6) is 0 Å². The molecule has 10 heteroatoms. The van der Waals surface area contributed by atoms with Crippen molar-refractivity contribution in [3.63, 3.8) is 0 Å². The third-order valence-electron chi connectivity index (χ3n) is 4.30. The average molecular weight is 408 g/mol. The summed E-state index contributed by atoms with van der Waals surface area (Å²) < 4.78 is 38.1. The van der Waals surface area contributed by atoms with Crippen LogP contribution in [-0.2, 0) is 14.8 Å². The van der Waals surface area contributed by atoms with Gasteiger partial charge in [-0.15, -0.1) is 5.10 Å². The quantitative estimate of drug-likeness (QED) is 0.807. The Bertz CT molecular complexity index is 929. The zero-order valence-electron chi connectivity index (χ0n) is 16.2. The number of sulfonamides is 1. The van der Waals surface area contributed by atoms with Gasteiger partial charge >= 0.3 is 6.01 Å². The molecule has 1 amide bonds. The molecule has 1 N–H and O–H groups in total. The van der Waals surface area contributed by atoms with Crippen LogP contribution in [0.1, 0.15) is 49.9 Å². The zero-order chi connectivity index (χ0) is 20.5. The Hall–Kier alpha value is -2.30. The van der Waals surface area contributed by atoms with Crippen molar-refractivity contribution in [1.29, 1.82) is 0 Å². The van der Waals surface area contributed by atoms with Gasteiger partial charge in [-0.3, -0.25) is 10.1 Å². The van der Waals surface area contributed by atoms with Crippen molar-refractivity contribution in [2.75, 3.05) is 18.4 Å². The largest absolute Gasteiger partial charge is 0.408 e. The SMILES string of the molecule is CC(C)c1nnc(NC(=O)c2ccc(S(=O)(=O)N3C[C@@H](C)O[C@@H](C)C3)cc2)o1. The van der Waals surface area contributed by atoms with Crippen LogP contribution in [0.4, 0.5) is 6.01 Å². The van der Waals surface area contributed by atoms with E-state index < -0.39 is 15.9 Å². The number of aromatic nitrogens is 2. The molecule has 1 aromatic heterocycles. The van der Waals surface area contributed by atoms with E-state index in [0.29, 0.717) is 19.0 Å². The minimum Gasteiger partial charge on any atom is -0.408 e. The number of anilines is 1. The minimum atomic E-state index is -3.65. The topological polar surface area (TPSA) is 115 Å². The molecule has 0 radical (unpaired) electrons. The van der Waals surface area contributed by atoms with Crippen LogP contribution < -0.4 is 5.32 Å². The van der Waals surface area contributed by atoms with Gasteiger partial charge in [0.05, 0.1) is 17.1 Å². The standard InChI is InChI=1S/C18H24N4O5S/c1-11(2)17-20-21-18(27-17)19-16(23)14-5-7-15(8-6-14)28(24,25)22-9-12(3)26-13(4)10-22/h5-8,11-13H,9-10H2,1-4H3,(H,19,21,23)/t12-,13+. The van der Waals surface area contributed by atoms with Gasteiger partial charge < -0.3 is 9.15 Å². The molecule has 152 valence electrons. The van der Waals surface area contributed by atoms with E-state index in [1.54, 1.807) is 0 Å². The smallest absolute Gasteiger partial charge is 0.322 e. The van der Waals surface area contributed by atoms with Gasteiger partial charge in [0.15, 0.2) is 0 Å². The Morgan fingerprint density at radius 3 is 2.29 bits per heavy atom. The zero-order valence-corrected chi connectivity index (χ0v) is 17.1. The molecule has 0 spiro atoms. The van der Waals surface area contributed by atoms with Gasteiger partial charge in [0.25, 0.3) is 5.91 Å². The molecule has 2 atom stereocenters. The van der Waals surface area contributed by atoms with E-state index in [4.69, 9.17) is 9.15 Å². The van der Waals surface area contributed by atoms with Crippen LogP contribution in [0.2, 0.25) is 0 Å². The molecule has 2 aromatic rings. The second-order valence-electron chi connectivity index (χ2n) is 7.16. The predicted octanol–water partition coefficient (Wildman–Crippen LogP) is 2.24. The molecule has 1 aliphatic heterocycles. The number of carbonyl (C=O) groups excluding carboxylic acids is 1. The lowest BCUT2D eigenvalue weighted by Gasteiger charge is -2.34. The van der Waals surface area contributed by atoms with Crippen molar-refractivity contribution < 1.29 is 22.4 Å². The van der Waals surface area contributed by atoms with E-state index in [2.05, 4.69) is 15.5 Å². The fourth-order valence-electron chi connectivity index (χ4n) is 2.94. The van der Waals surface area contributed by atoms with Gasteiger partial charge in [-0.2, -0.15) is 4.31 Å². The highest BCUT2D eigenvalue weighted by Crippen LogP contribution is 2.22. The van der Waals surface area contributed by atoms with Gasteiger partial charge in [0, 0.05) is 24.6 Å². The Kier molecular flexibility index (Phi) is 5.82. The first kappa shape index (κ1) is 20.4. The van der Waals surface area contributed by atoms with Crippen LogP contribution in [0.25, 0.3) is 0 Å². The predicted molar refractivity (Wildman–Crippen MR) is 102 cm³/mol. The highest BCUT2D eigenvalue weighted by Gasteiger charge is 2.32. The summed E-state index contributed by atoms with van der Waals surface area (Å²) in [6, 6.07) is 5.75. The van der Waals surface area contributed by atoms with Crippen LogP contribution in [-0.4, -0.2) is 54.1 Å². The van der Waals surface area contributed by atoms with E-state index in [1.165, 1.54) is 28.6 Å². The molecule has 3 rings (SSSR count). The Balaban J connectivity index is 1.72. The molecular weight excluding hydrogens is 384 g/mol. The number of amides is 1. The number of hydrogen-bond acceptors (Lipinski definition) is 7. The maximum absolute atomic E-state index is 12.9. The summed E-state index contributed by atoms with van der Waals surface area (Å²) in [4.78, 5) is 12.5. The van der Waals surface area contributed by atoms with Crippen molar-refractivity contribution in [1.82, 2.24) is 14.5 Å². The molecule has 0 saturated carbocycles. The summed E-state index contributed by atoms with van der Waals surface area (Å²) in [6.07, 6.45) is -0.345. The minimum absolute atomic E-state index is 0.00156. The van der Waals surface area contributed by atoms with Gasteiger partial charge in [0.2, 0.25) is 15.9 Å². The number of benzene rings is 1. The number of rotatable bonds is 5. The second-order valence-corrected chi connectivity index (χ2v) is 9.10. The molecule has 0 aliphatic carbocycles. The third kappa shape index (κ3) is 4.40. The third-order valence-corrected chi connectivity index (χ3v) is 6.14. The highest BCUT2D eigenvalue weighted by atomic mass is 32.2. The van der Waals surface area contributed by atoms with E-state index in [1.807, 2.05) is 27.7 Å². The first-order valence-electron chi connectivity index (χ1n) is 9.07. The summed E-state index contributed by atoms with van der Waals surface area (Å²) in [5.41, 5.74) is 0.284. The molecule has 1 aliphatic rings. The second kappa shape index (κ2) is 7.98. The molecule has 0 unspecified atom stereocenters. The summed E-state index contributed by atoms with van der Waals surface area (Å²) in [5, 5.41) is 10.1. The molecule has 0 bridgehead atoms. The maximum atomic E-state index is 12.9. The molecule has 9 nitrogen and oxygen atoms in total. The van der Waals surface area contributed by atoms with Gasteiger partial charge in [-0.1, -0.05) is 18.9 Å². The first-order valence-corrected chi connectivity index (χ1v) is 10.5. The highest BCUT2D eigenvalue weighted by molar-refractivity contribution is 7.89. The number of nitrogens with one attached hydrogen (secondary N) is 1. The number of hydrogen-bond donors (Lipinski definition) is 1. The van der Waals surface area contributed by atoms with Crippen molar-refractivity contribution in [2.45, 2.75) is 50.7 Å². The van der Waals surface area contributed by atoms with Crippen molar-refractivity contribution in [3.05, 3.63) is 35.7 Å². The molecule has 1 fully saturated rings.